The standard InChI is InChI=1S/C28H50N2O4/c1-25(2)13-21(14-26(3,4)29-25)23(33-17-31)19-9-11-20(12-10-19)24(34-18-32)22-15-27(5,6)30-28(7,8)16-22/h17-24,29-30H,9-16H2,1-8H3. The number of ether oxygens (including phenoxy) is 2. The van der Waals surface area contributed by atoms with Gasteiger partial charge in [-0.05, 0) is 130 Å². The molecule has 2 unspecified atom stereocenters. The summed E-state index contributed by atoms with van der Waals surface area (Å²) in [6.45, 7) is 19.3. The van der Waals surface area contributed by atoms with Crippen LogP contribution in [-0.2, 0) is 19.1 Å². The lowest BCUT2D eigenvalue weighted by atomic mass is 9.65. The molecule has 0 bridgehead atoms. The maximum absolute atomic E-state index is 11.5. The van der Waals surface area contributed by atoms with Gasteiger partial charge in [0.1, 0.15) is 12.2 Å². The summed E-state index contributed by atoms with van der Waals surface area (Å²) in [4.78, 5) is 23.0. The second-order valence-corrected chi connectivity index (χ2v) is 14.2. The van der Waals surface area contributed by atoms with Crippen LogP contribution in [0.15, 0.2) is 0 Å². The molecule has 2 heterocycles. The lowest BCUT2D eigenvalue weighted by Crippen LogP contribution is -2.60. The largest absolute Gasteiger partial charge is 0.464 e. The van der Waals surface area contributed by atoms with E-state index in [1.54, 1.807) is 0 Å². The summed E-state index contributed by atoms with van der Waals surface area (Å²) in [7, 11) is 0. The highest BCUT2D eigenvalue weighted by molar-refractivity contribution is 5.38. The molecule has 0 aromatic carbocycles. The van der Waals surface area contributed by atoms with E-state index in [2.05, 4.69) is 66.0 Å². The summed E-state index contributed by atoms with van der Waals surface area (Å²) in [6, 6.07) is 0. The van der Waals surface area contributed by atoms with Gasteiger partial charge in [-0.1, -0.05) is 0 Å². The summed E-state index contributed by atoms with van der Waals surface area (Å²) in [5.74, 6) is 1.44. The number of carbonyl (C=O) groups is 2. The van der Waals surface area contributed by atoms with Crippen LogP contribution in [0.4, 0.5) is 0 Å². The Kier molecular flexibility index (Phi) is 8.14. The van der Waals surface area contributed by atoms with Crippen molar-refractivity contribution in [3.8, 4) is 0 Å². The third kappa shape index (κ3) is 6.96. The Morgan fingerprint density at radius 1 is 0.559 bits per heavy atom. The molecule has 34 heavy (non-hydrogen) atoms. The second-order valence-electron chi connectivity index (χ2n) is 14.2. The first-order valence-electron chi connectivity index (χ1n) is 13.4. The van der Waals surface area contributed by atoms with Crippen molar-refractivity contribution in [3.05, 3.63) is 0 Å². The summed E-state index contributed by atoms with van der Waals surface area (Å²) in [5.41, 5.74) is 0.0779. The van der Waals surface area contributed by atoms with Gasteiger partial charge in [-0.2, -0.15) is 0 Å². The van der Waals surface area contributed by atoms with Gasteiger partial charge in [-0.3, -0.25) is 9.59 Å². The first-order chi connectivity index (χ1) is 15.7. The molecule has 3 aliphatic rings. The van der Waals surface area contributed by atoms with Crippen LogP contribution in [0, 0.1) is 23.7 Å². The highest BCUT2D eigenvalue weighted by Crippen LogP contribution is 2.45. The second kappa shape index (κ2) is 10.1. The van der Waals surface area contributed by atoms with Gasteiger partial charge < -0.3 is 20.1 Å². The Balaban J connectivity index is 1.70. The zero-order valence-corrected chi connectivity index (χ0v) is 22.9. The molecule has 0 spiro atoms. The molecule has 0 radical (unpaired) electrons. The topological polar surface area (TPSA) is 76.7 Å². The van der Waals surface area contributed by atoms with Gasteiger partial charge in [0.25, 0.3) is 12.9 Å². The molecule has 0 aromatic rings. The van der Waals surface area contributed by atoms with Crippen LogP contribution >= 0.6 is 0 Å². The van der Waals surface area contributed by atoms with Crippen LogP contribution in [0.3, 0.4) is 0 Å². The van der Waals surface area contributed by atoms with Crippen molar-refractivity contribution in [1.82, 2.24) is 10.6 Å². The zero-order chi connectivity index (χ0) is 25.4. The summed E-state index contributed by atoms with van der Waals surface area (Å²) in [6.07, 6.45) is 8.01. The monoisotopic (exact) mass is 478 g/mol. The maximum atomic E-state index is 11.5. The zero-order valence-electron chi connectivity index (χ0n) is 22.9. The molecule has 196 valence electrons. The summed E-state index contributed by atoms with van der Waals surface area (Å²) >= 11 is 0. The van der Waals surface area contributed by atoms with Gasteiger partial charge in [0, 0.05) is 22.2 Å². The minimum absolute atomic E-state index is 0.0195. The Labute approximate surface area is 207 Å². The molecule has 2 saturated heterocycles. The molecule has 2 N–H and O–H groups in total. The predicted octanol–water partition coefficient (Wildman–Crippen LogP) is 4.99. The van der Waals surface area contributed by atoms with Crippen LogP contribution in [0.5, 0.6) is 0 Å². The lowest BCUT2D eigenvalue weighted by Gasteiger charge is -2.51. The molecule has 6 heteroatoms. The number of carbonyl (C=O) groups excluding carboxylic acids is 2. The average molecular weight is 479 g/mol. The van der Waals surface area contributed by atoms with Crippen LogP contribution < -0.4 is 10.6 Å². The molecular weight excluding hydrogens is 428 g/mol. The van der Waals surface area contributed by atoms with Crippen molar-refractivity contribution in [2.75, 3.05) is 0 Å². The molecule has 3 fully saturated rings. The van der Waals surface area contributed by atoms with Crippen LogP contribution in [0.2, 0.25) is 0 Å². The molecule has 0 amide bonds. The highest BCUT2D eigenvalue weighted by Gasteiger charge is 2.47. The van der Waals surface area contributed by atoms with Crippen molar-refractivity contribution in [1.29, 1.82) is 0 Å². The Hall–Kier alpha value is -1.14. The lowest BCUT2D eigenvalue weighted by molar-refractivity contribution is -0.149. The molecule has 0 aromatic heterocycles. The predicted molar refractivity (Wildman–Crippen MR) is 135 cm³/mol. The Bertz CT molecular complexity index is 617. The van der Waals surface area contributed by atoms with E-state index in [9.17, 15) is 9.59 Å². The van der Waals surface area contributed by atoms with E-state index < -0.39 is 0 Å². The molecule has 2 aliphatic heterocycles. The van der Waals surface area contributed by atoms with Crippen molar-refractivity contribution in [3.63, 3.8) is 0 Å². The Morgan fingerprint density at radius 3 is 1.06 bits per heavy atom. The molecular formula is C28H50N2O4. The van der Waals surface area contributed by atoms with Gasteiger partial charge in [0.05, 0.1) is 0 Å². The third-order valence-electron chi connectivity index (χ3n) is 8.54. The van der Waals surface area contributed by atoms with Crippen LogP contribution in [-0.4, -0.2) is 47.3 Å². The SMILES string of the molecule is CC1(C)CC(C(OC=O)C2CCC(C(OC=O)C3CC(C)(C)NC(C)(C)C3)CC2)CC(C)(C)N1. The van der Waals surface area contributed by atoms with E-state index in [-0.39, 0.29) is 34.4 Å². The Morgan fingerprint density at radius 2 is 0.824 bits per heavy atom. The molecule has 1 aliphatic carbocycles. The average Bonchev–Trinajstić information content (AvgIpc) is 2.65. The van der Waals surface area contributed by atoms with Gasteiger partial charge in [0.15, 0.2) is 0 Å². The van der Waals surface area contributed by atoms with Crippen molar-refractivity contribution >= 4 is 12.9 Å². The first kappa shape index (κ1) is 27.4. The fraction of sp³-hybridized carbons (Fsp3) is 0.929. The maximum Gasteiger partial charge on any atom is 0.293 e. The minimum Gasteiger partial charge on any atom is -0.464 e. The number of piperidine rings is 2. The minimum atomic E-state index is -0.0405. The number of rotatable bonds is 8. The van der Waals surface area contributed by atoms with Crippen LogP contribution in [0.25, 0.3) is 0 Å². The number of hydrogen-bond donors (Lipinski definition) is 2. The van der Waals surface area contributed by atoms with Crippen molar-refractivity contribution < 1.29 is 19.1 Å². The summed E-state index contributed by atoms with van der Waals surface area (Å²) in [5, 5.41) is 7.50. The van der Waals surface area contributed by atoms with Gasteiger partial charge in [-0.15, -0.1) is 0 Å². The molecule has 1 saturated carbocycles. The smallest absolute Gasteiger partial charge is 0.293 e. The van der Waals surface area contributed by atoms with Gasteiger partial charge in [0.2, 0.25) is 0 Å². The quantitative estimate of drug-likeness (QED) is 0.479. The van der Waals surface area contributed by atoms with E-state index in [0.29, 0.717) is 36.6 Å². The fourth-order valence-electron chi connectivity index (χ4n) is 8.41. The van der Waals surface area contributed by atoms with E-state index >= 15 is 0 Å². The first-order valence-corrected chi connectivity index (χ1v) is 13.4. The van der Waals surface area contributed by atoms with Crippen molar-refractivity contribution in [2.24, 2.45) is 23.7 Å². The van der Waals surface area contributed by atoms with Crippen molar-refractivity contribution in [2.45, 2.75) is 141 Å². The summed E-state index contributed by atoms with van der Waals surface area (Å²) < 4.78 is 11.6. The van der Waals surface area contributed by atoms with E-state index in [1.165, 1.54) is 0 Å². The van der Waals surface area contributed by atoms with E-state index in [0.717, 1.165) is 51.4 Å². The van der Waals surface area contributed by atoms with E-state index in [4.69, 9.17) is 9.47 Å². The third-order valence-corrected chi connectivity index (χ3v) is 8.54. The van der Waals surface area contributed by atoms with Crippen LogP contribution in [0.1, 0.15) is 107 Å². The van der Waals surface area contributed by atoms with Gasteiger partial charge in [-0.25, -0.2) is 0 Å². The highest BCUT2D eigenvalue weighted by atomic mass is 16.5. The molecule has 3 rings (SSSR count). The number of hydrogen-bond acceptors (Lipinski definition) is 6. The molecule has 6 nitrogen and oxygen atoms in total. The molecule has 2 atom stereocenters. The normalized spacial score (nSPS) is 32.8. The fourth-order valence-corrected chi connectivity index (χ4v) is 8.41. The number of nitrogens with one attached hydrogen (secondary N) is 2. The van der Waals surface area contributed by atoms with Gasteiger partial charge >= 0.3 is 0 Å². The van der Waals surface area contributed by atoms with E-state index in [1.807, 2.05) is 0 Å².